The summed E-state index contributed by atoms with van der Waals surface area (Å²) in [6.45, 7) is 2.08. The lowest BCUT2D eigenvalue weighted by molar-refractivity contribution is 0.0594. The normalized spacial score (nSPS) is 24.3. The number of hydrogen-bond acceptors (Lipinski definition) is 4. The first-order valence-corrected chi connectivity index (χ1v) is 12.4. The molecule has 2 aliphatic rings. The largest absolute Gasteiger partial charge is 0.333 e. The highest BCUT2D eigenvalue weighted by Crippen LogP contribution is 2.41. The lowest BCUT2D eigenvalue weighted by Crippen LogP contribution is -2.49. The lowest BCUT2D eigenvalue weighted by Gasteiger charge is -2.39. The van der Waals surface area contributed by atoms with Gasteiger partial charge in [0, 0.05) is 17.0 Å². The van der Waals surface area contributed by atoms with Gasteiger partial charge in [0.2, 0.25) is 0 Å². The highest BCUT2D eigenvalue weighted by molar-refractivity contribution is 7.99. The van der Waals surface area contributed by atoms with E-state index < -0.39 is 15.1 Å². The van der Waals surface area contributed by atoms with Gasteiger partial charge in [0.05, 0.1) is 15.7 Å². The minimum Gasteiger partial charge on any atom is -0.333 e. The molecule has 28 heavy (non-hydrogen) atoms. The molecular formula is C22H25NO3S2. The second-order valence-corrected chi connectivity index (χ2v) is 11.0. The number of sulfone groups is 1. The Labute approximate surface area is 171 Å². The van der Waals surface area contributed by atoms with Crippen LogP contribution in [-0.2, 0) is 9.84 Å². The number of fused-ring (bicyclic) bond motifs is 2. The minimum absolute atomic E-state index is 0.00872. The molecule has 0 spiro atoms. The number of amides is 1. The molecule has 148 valence electrons. The second-order valence-electron chi connectivity index (χ2n) is 7.48. The molecule has 2 bridgehead atoms. The van der Waals surface area contributed by atoms with E-state index in [-0.39, 0.29) is 18.0 Å². The molecule has 4 rings (SSSR count). The van der Waals surface area contributed by atoms with E-state index in [1.165, 1.54) is 0 Å². The molecule has 2 unspecified atom stereocenters. The topological polar surface area (TPSA) is 54.5 Å². The predicted molar refractivity (Wildman–Crippen MR) is 112 cm³/mol. The highest BCUT2D eigenvalue weighted by Gasteiger charge is 2.47. The molecule has 1 amide bonds. The van der Waals surface area contributed by atoms with Crippen molar-refractivity contribution in [2.75, 3.05) is 5.75 Å². The number of hydrogen-bond donors (Lipinski definition) is 0. The summed E-state index contributed by atoms with van der Waals surface area (Å²) in [5.74, 6) is 0.966. The standard InChI is InChI=1S/C22H25NO3S2/c1-2-27-21-11-7-6-10-20(21)22(24)23-16-12-13-17(23)15-19(14-16)28(25,26)18-8-4-3-5-9-18/h3-11,16-17,19H,2,12-15H2,1H3. The van der Waals surface area contributed by atoms with Crippen LogP contribution in [0.1, 0.15) is 43.0 Å². The minimum atomic E-state index is -3.36. The Morgan fingerprint density at radius 3 is 2.25 bits per heavy atom. The average Bonchev–Trinajstić information content (AvgIpc) is 2.97. The van der Waals surface area contributed by atoms with Gasteiger partial charge in [0.1, 0.15) is 0 Å². The summed E-state index contributed by atoms with van der Waals surface area (Å²) in [4.78, 5) is 16.7. The summed E-state index contributed by atoms with van der Waals surface area (Å²) >= 11 is 1.68. The summed E-state index contributed by atoms with van der Waals surface area (Å²) < 4.78 is 26.2. The third-order valence-electron chi connectivity index (χ3n) is 5.85. The molecule has 2 aromatic rings. The van der Waals surface area contributed by atoms with E-state index in [0.717, 1.165) is 29.1 Å². The number of rotatable bonds is 5. The Morgan fingerprint density at radius 1 is 1.00 bits per heavy atom. The van der Waals surface area contributed by atoms with Crippen LogP contribution < -0.4 is 0 Å². The number of benzene rings is 2. The quantitative estimate of drug-likeness (QED) is 0.679. The van der Waals surface area contributed by atoms with Crippen molar-refractivity contribution < 1.29 is 13.2 Å². The Morgan fingerprint density at radius 2 is 1.61 bits per heavy atom. The van der Waals surface area contributed by atoms with Crippen LogP contribution in [0.2, 0.25) is 0 Å². The van der Waals surface area contributed by atoms with Gasteiger partial charge in [-0.2, -0.15) is 0 Å². The van der Waals surface area contributed by atoms with Crippen molar-refractivity contribution >= 4 is 27.5 Å². The molecule has 2 aromatic carbocycles. The van der Waals surface area contributed by atoms with E-state index in [1.807, 2.05) is 35.2 Å². The zero-order valence-electron chi connectivity index (χ0n) is 16.0. The van der Waals surface area contributed by atoms with Crippen LogP contribution in [0.25, 0.3) is 0 Å². The molecule has 2 aliphatic heterocycles. The molecule has 2 atom stereocenters. The van der Waals surface area contributed by atoms with E-state index >= 15 is 0 Å². The fraction of sp³-hybridized carbons (Fsp3) is 0.409. The molecule has 0 saturated carbocycles. The first-order chi connectivity index (χ1) is 13.5. The van der Waals surface area contributed by atoms with Crippen molar-refractivity contribution in [3.63, 3.8) is 0 Å². The van der Waals surface area contributed by atoms with Crippen LogP contribution in [0, 0.1) is 0 Å². The lowest BCUT2D eigenvalue weighted by atomic mass is 10.0. The SMILES string of the molecule is CCSc1ccccc1C(=O)N1C2CCC1CC(S(=O)(=O)c1ccccc1)C2. The van der Waals surface area contributed by atoms with E-state index in [4.69, 9.17) is 0 Å². The first kappa shape index (κ1) is 19.5. The van der Waals surface area contributed by atoms with Crippen molar-refractivity contribution in [2.24, 2.45) is 0 Å². The Bertz CT molecular complexity index is 945. The zero-order chi connectivity index (χ0) is 19.7. The highest BCUT2D eigenvalue weighted by atomic mass is 32.2. The fourth-order valence-corrected chi connectivity index (χ4v) is 7.25. The van der Waals surface area contributed by atoms with Crippen LogP contribution in [0.5, 0.6) is 0 Å². The summed E-state index contributed by atoms with van der Waals surface area (Å²) in [5.41, 5.74) is 0.746. The van der Waals surface area contributed by atoms with Crippen LogP contribution in [-0.4, -0.2) is 42.3 Å². The third kappa shape index (κ3) is 3.48. The molecule has 0 aliphatic carbocycles. The Kier molecular flexibility index (Phi) is 5.52. The molecule has 0 radical (unpaired) electrons. The summed E-state index contributed by atoms with van der Waals surface area (Å²) in [6.07, 6.45) is 2.84. The third-order valence-corrected chi connectivity index (χ3v) is 9.00. The van der Waals surface area contributed by atoms with Gasteiger partial charge in [-0.25, -0.2) is 8.42 Å². The molecule has 0 aromatic heterocycles. The van der Waals surface area contributed by atoms with Crippen molar-refractivity contribution in [1.82, 2.24) is 4.90 Å². The van der Waals surface area contributed by atoms with Gasteiger partial charge >= 0.3 is 0 Å². The van der Waals surface area contributed by atoms with Crippen molar-refractivity contribution in [1.29, 1.82) is 0 Å². The molecule has 2 saturated heterocycles. The monoisotopic (exact) mass is 415 g/mol. The van der Waals surface area contributed by atoms with E-state index in [1.54, 1.807) is 36.0 Å². The molecule has 0 N–H and O–H groups in total. The average molecular weight is 416 g/mol. The fourth-order valence-electron chi connectivity index (χ4n) is 4.58. The molecule has 2 fully saturated rings. The second kappa shape index (κ2) is 7.91. The summed E-state index contributed by atoms with van der Waals surface area (Å²) in [5, 5.41) is -0.406. The van der Waals surface area contributed by atoms with Gasteiger partial charge < -0.3 is 4.90 Å². The van der Waals surface area contributed by atoms with Crippen molar-refractivity contribution in [3.05, 3.63) is 60.2 Å². The number of carbonyl (C=O) groups is 1. The van der Waals surface area contributed by atoms with Crippen LogP contribution >= 0.6 is 11.8 Å². The smallest absolute Gasteiger partial charge is 0.255 e. The Balaban J connectivity index is 1.58. The predicted octanol–water partition coefficient (Wildman–Crippen LogP) is 4.41. The van der Waals surface area contributed by atoms with Gasteiger partial charge in [0.15, 0.2) is 9.84 Å². The summed E-state index contributed by atoms with van der Waals surface area (Å²) in [7, 11) is -3.36. The van der Waals surface area contributed by atoms with E-state index in [2.05, 4.69) is 6.92 Å². The van der Waals surface area contributed by atoms with E-state index in [0.29, 0.717) is 17.7 Å². The van der Waals surface area contributed by atoms with Crippen LogP contribution in [0.4, 0.5) is 0 Å². The number of nitrogens with zero attached hydrogens (tertiary/aromatic N) is 1. The van der Waals surface area contributed by atoms with Crippen molar-refractivity contribution in [3.8, 4) is 0 Å². The Hall–Kier alpha value is -1.79. The van der Waals surface area contributed by atoms with Gasteiger partial charge in [0.25, 0.3) is 5.91 Å². The first-order valence-electron chi connectivity index (χ1n) is 9.85. The molecule has 6 heteroatoms. The number of thioether (sulfide) groups is 1. The number of piperidine rings is 1. The van der Waals surface area contributed by atoms with Gasteiger partial charge in [-0.15, -0.1) is 11.8 Å². The molecule has 4 nitrogen and oxygen atoms in total. The van der Waals surface area contributed by atoms with Gasteiger partial charge in [-0.1, -0.05) is 37.3 Å². The zero-order valence-corrected chi connectivity index (χ0v) is 17.6. The maximum atomic E-state index is 13.3. The van der Waals surface area contributed by atoms with Crippen LogP contribution in [0.15, 0.2) is 64.4 Å². The van der Waals surface area contributed by atoms with E-state index in [9.17, 15) is 13.2 Å². The molecule has 2 heterocycles. The summed E-state index contributed by atoms with van der Waals surface area (Å²) in [6, 6.07) is 16.5. The van der Waals surface area contributed by atoms with Crippen LogP contribution in [0.3, 0.4) is 0 Å². The van der Waals surface area contributed by atoms with Crippen molar-refractivity contribution in [2.45, 2.75) is 59.7 Å². The maximum Gasteiger partial charge on any atom is 0.255 e. The van der Waals surface area contributed by atoms with Gasteiger partial charge in [-0.3, -0.25) is 4.79 Å². The van der Waals surface area contributed by atoms with Gasteiger partial charge in [-0.05, 0) is 55.7 Å². The maximum absolute atomic E-state index is 13.3. The number of carbonyl (C=O) groups excluding carboxylic acids is 1. The molecular weight excluding hydrogens is 390 g/mol.